The lowest BCUT2D eigenvalue weighted by Crippen LogP contribution is -2.59. The van der Waals surface area contributed by atoms with Crippen LogP contribution in [0.15, 0.2) is 0 Å². The van der Waals surface area contributed by atoms with Gasteiger partial charge in [-0.3, -0.25) is 4.79 Å². The molecule has 4 N–H and O–H groups in total. The van der Waals surface area contributed by atoms with Gasteiger partial charge >= 0.3 is 12.1 Å². The van der Waals surface area contributed by atoms with E-state index in [2.05, 4.69) is 4.37 Å². The molecule has 1 amide bonds. The second-order valence-electron chi connectivity index (χ2n) is 3.93. The molecule has 0 spiro atoms. The Bertz CT molecular complexity index is 525. The molecule has 1 aromatic rings. The number of nitrogens with one attached hydrogen (secondary N) is 1. The summed E-state index contributed by atoms with van der Waals surface area (Å²) >= 11 is 0.574. The number of aryl methyl sites for hydroxylation is 1. The summed E-state index contributed by atoms with van der Waals surface area (Å²) < 4.78 is 41.3. The molecule has 1 heterocycles. The van der Waals surface area contributed by atoms with Crippen LogP contribution in [0, 0.1) is 6.92 Å². The highest BCUT2D eigenvalue weighted by Crippen LogP contribution is 2.31. The van der Waals surface area contributed by atoms with Crippen LogP contribution in [0.3, 0.4) is 0 Å². The molecule has 0 aliphatic carbocycles. The van der Waals surface area contributed by atoms with Crippen LogP contribution < -0.4 is 11.1 Å². The van der Waals surface area contributed by atoms with Gasteiger partial charge in [0.25, 0.3) is 5.91 Å². The molecule has 6 nitrogen and oxygen atoms in total. The number of rotatable bonds is 3. The molecule has 1 unspecified atom stereocenters. The van der Waals surface area contributed by atoms with Crippen LogP contribution in [0.2, 0.25) is 0 Å². The lowest BCUT2D eigenvalue weighted by molar-refractivity contribution is -0.184. The molecule has 10 heteroatoms. The fourth-order valence-corrected chi connectivity index (χ4v) is 1.85. The van der Waals surface area contributed by atoms with E-state index in [0.29, 0.717) is 18.5 Å². The number of carboxylic acids is 1. The van der Waals surface area contributed by atoms with Crippen LogP contribution in [0.1, 0.15) is 23.0 Å². The van der Waals surface area contributed by atoms with E-state index in [9.17, 15) is 22.8 Å². The minimum absolute atomic E-state index is 0.0959. The van der Waals surface area contributed by atoms with E-state index >= 15 is 0 Å². The van der Waals surface area contributed by atoms with Crippen molar-refractivity contribution in [3.05, 3.63) is 11.3 Å². The predicted molar refractivity (Wildman–Crippen MR) is 61.1 cm³/mol. The van der Waals surface area contributed by atoms with Crippen molar-refractivity contribution in [2.75, 3.05) is 5.32 Å². The number of carbonyl (C=O) groups is 2. The zero-order valence-electron chi connectivity index (χ0n) is 9.83. The molecule has 0 aliphatic heterocycles. The lowest BCUT2D eigenvalue weighted by Gasteiger charge is -2.25. The van der Waals surface area contributed by atoms with Crippen LogP contribution in [0.5, 0.6) is 0 Å². The van der Waals surface area contributed by atoms with E-state index in [0.717, 1.165) is 0 Å². The number of halogens is 3. The number of alkyl halides is 3. The Morgan fingerprint density at radius 3 is 2.37 bits per heavy atom. The fraction of sp³-hybridized carbons (Fsp3) is 0.444. The lowest BCUT2D eigenvalue weighted by atomic mass is 10.0. The summed E-state index contributed by atoms with van der Waals surface area (Å²) in [6.07, 6.45) is -4.96. The van der Waals surface area contributed by atoms with Crippen LogP contribution in [-0.4, -0.2) is 33.1 Å². The average molecular weight is 297 g/mol. The van der Waals surface area contributed by atoms with Gasteiger partial charge in [-0.15, -0.1) is 0 Å². The molecule has 0 bridgehead atoms. The maximum atomic E-state index is 12.5. The van der Waals surface area contributed by atoms with E-state index in [-0.39, 0.29) is 16.3 Å². The minimum Gasteiger partial charge on any atom is -0.478 e. The van der Waals surface area contributed by atoms with Gasteiger partial charge in [-0.05, 0) is 25.4 Å². The van der Waals surface area contributed by atoms with E-state index in [4.69, 9.17) is 10.8 Å². The quantitative estimate of drug-likeness (QED) is 0.781. The zero-order valence-corrected chi connectivity index (χ0v) is 10.6. The van der Waals surface area contributed by atoms with Crippen LogP contribution >= 0.6 is 11.5 Å². The van der Waals surface area contributed by atoms with Gasteiger partial charge in [-0.25, -0.2) is 4.79 Å². The number of amides is 1. The summed E-state index contributed by atoms with van der Waals surface area (Å²) in [5.74, 6) is -2.95. The van der Waals surface area contributed by atoms with Gasteiger partial charge in [-0.2, -0.15) is 17.5 Å². The SMILES string of the molecule is Cc1nsc(NC(=O)C(C)(N)C(F)(F)F)c1C(=O)O. The van der Waals surface area contributed by atoms with Crippen molar-refractivity contribution in [1.82, 2.24) is 4.37 Å². The van der Waals surface area contributed by atoms with Crippen molar-refractivity contribution >= 4 is 28.4 Å². The third kappa shape index (κ3) is 2.84. The van der Waals surface area contributed by atoms with Gasteiger partial charge in [0.15, 0.2) is 5.54 Å². The molecule has 0 aromatic carbocycles. The largest absolute Gasteiger partial charge is 0.478 e. The van der Waals surface area contributed by atoms with Crippen molar-refractivity contribution in [1.29, 1.82) is 0 Å². The molecule has 106 valence electrons. The number of aromatic nitrogens is 1. The van der Waals surface area contributed by atoms with Crippen LogP contribution in [0.4, 0.5) is 18.2 Å². The number of anilines is 1. The fourth-order valence-electron chi connectivity index (χ4n) is 1.07. The summed E-state index contributed by atoms with van der Waals surface area (Å²) in [4.78, 5) is 22.4. The van der Waals surface area contributed by atoms with Gasteiger partial charge in [0.05, 0.1) is 5.69 Å². The molecule has 1 rings (SSSR count). The Kier molecular flexibility index (Phi) is 3.87. The first-order chi connectivity index (χ1) is 8.48. The first kappa shape index (κ1) is 15.4. The Labute approximate surface area is 109 Å². The normalized spacial score (nSPS) is 14.8. The zero-order chi connectivity index (χ0) is 15.0. The van der Waals surface area contributed by atoms with E-state index in [1.807, 2.05) is 5.32 Å². The molecular weight excluding hydrogens is 287 g/mol. The molecule has 0 radical (unpaired) electrons. The second kappa shape index (κ2) is 4.78. The smallest absolute Gasteiger partial charge is 0.415 e. The Hall–Kier alpha value is -1.68. The third-order valence-corrected chi connectivity index (χ3v) is 3.22. The van der Waals surface area contributed by atoms with E-state index in [1.165, 1.54) is 6.92 Å². The minimum atomic E-state index is -4.96. The summed E-state index contributed by atoms with van der Waals surface area (Å²) in [6, 6.07) is 0. The van der Waals surface area contributed by atoms with Crippen molar-refractivity contribution in [2.24, 2.45) is 5.73 Å². The number of nitrogens with zero attached hydrogens (tertiary/aromatic N) is 1. The number of carbonyl (C=O) groups excluding carboxylic acids is 1. The summed E-state index contributed by atoms with van der Waals surface area (Å²) in [6.45, 7) is 1.86. The highest BCUT2D eigenvalue weighted by atomic mass is 32.1. The first-order valence-electron chi connectivity index (χ1n) is 4.85. The van der Waals surface area contributed by atoms with Crippen molar-refractivity contribution in [3.8, 4) is 0 Å². The Morgan fingerprint density at radius 2 is 1.95 bits per heavy atom. The van der Waals surface area contributed by atoms with Crippen LogP contribution in [-0.2, 0) is 4.79 Å². The third-order valence-electron chi connectivity index (χ3n) is 2.36. The van der Waals surface area contributed by atoms with Crippen LogP contribution in [0.25, 0.3) is 0 Å². The van der Waals surface area contributed by atoms with Gasteiger partial charge in [0.2, 0.25) is 0 Å². The van der Waals surface area contributed by atoms with Gasteiger partial charge in [0, 0.05) is 0 Å². The highest BCUT2D eigenvalue weighted by Gasteiger charge is 2.54. The molecule has 0 fully saturated rings. The van der Waals surface area contributed by atoms with Gasteiger partial charge in [0.1, 0.15) is 10.6 Å². The van der Waals surface area contributed by atoms with Crippen molar-refractivity contribution < 1.29 is 27.9 Å². The maximum absolute atomic E-state index is 12.5. The van der Waals surface area contributed by atoms with Crippen molar-refractivity contribution in [3.63, 3.8) is 0 Å². The van der Waals surface area contributed by atoms with E-state index in [1.54, 1.807) is 0 Å². The molecule has 19 heavy (non-hydrogen) atoms. The topological polar surface area (TPSA) is 105 Å². The Morgan fingerprint density at radius 1 is 1.42 bits per heavy atom. The Balaban J connectivity index is 3.05. The molecule has 1 aromatic heterocycles. The average Bonchev–Trinajstić information content (AvgIpc) is 2.57. The summed E-state index contributed by atoms with van der Waals surface area (Å²) in [5, 5.41) is 10.4. The second-order valence-corrected chi connectivity index (χ2v) is 4.70. The highest BCUT2D eigenvalue weighted by molar-refractivity contribution is 7.11. The first-order valence-corrected chi connectivity index (χ1v) is 5.62. The molecular formula is C9H10F3N3O3S. The molecule has 1 atom stereocenters. The van der Waals surface area contributed by atoms with Gasteiger partial charge in [-0.1, -0.05) is 0 Å². The molecule has 0 saturated heterocycles. The number of carboxylic acid groups (broad SMARTS) is 1. The number of aromatic carboxylic acids is 1. The van der Waals surface area contributed by atoms with Crippen molar-refractivity contribution in [2.45, 2.75) is 25.6 Å². The summed E-state index contributed by atoms with van der Waals surface area (Å²) in [7, 11) is 0. The number of hydrogen-bond acceptors (Lipinski definition) is 5. The molecule has 0 saturated carbocycles. The van der Waals surface area contributed by atoms with Gasteiger partial charge < -0.3 is 16.2 Å². The predicted octanol–water partition coefficient (Wildman–Crippen LogP) is 1.37. The number of nitrogens with two attached hydrogens (primary N) is 1. The summed E-state index contributed by atoms with van der Waals surface area (Å²) in [5.41, 5.74) is 1.54. The monoisotopic (exact) mass is 297 g/mol. The molecule has 0 aliphatic rings. The van der Waals surface area contributed by atoms with E-state index < -0.39 is 23.6 Å². The number of hydrogen-bond donors (Lipinski definition) is 3. The maximum Gasteiger partial charge on any atom is 0.415 e. The standard InChI is InChI=1S/C9H10F3N3O3S/c1-3-4(6(16)17)5(19-15-3)14-7(18)8(2,13)9(10,11)12/h13H2,1-2H3,(H,14,18)(H,16,17).